The van der Waals surface area contributed by atoms with Crippen molar-refractivity contribution < 1.29 is 18.0 Å². The predicted octanol–water partition coefficient (Wildman–Crippen LogP) is 1.66. The van der Waals surface area contributed by atoms with Gasteiger partial charge >= 0.3 is 6.18 Å². The Kier molecular flexibility index (Phi) is 4.13. The normalized spacial score (nSPS) is 15.7. The number of Topliss-reactive ketones (excluding diaryl/α,β-unsaturated/α-hetero) is 1. The molecule has 5 heteroatoms. The van der Waals surface area contributed by atoms with E-state index in [0.717, 1.165) is 13.0 Å². The highest BCUT2D eigenvalue weighted by atomic mass is 19.4. The Morgan fingerprint density at radius 3 is 2.08 bits per heavy atom. The van der Waals surface area contributed by atoms with Crippen molar-refractivity contribution in [3.63, 3.8) is 0 Å². The fraction of sp³-hybridized carbons (Fsp3) is 0.625. The molecule has 76 valence electrons. The van der Waals surface area contributed by atoms with Crippen LogP contribution in [0.25, 0.3) is 0 Å². The van der Waals surface area contributed by atoms with Gasteiger partial charge in [0.2, 0.25) is 0 Å². The maximum atomic E-state index is 12.2. The summed E-state index contributed by atoms with van der Waals surface area (Å²) in [5.41, 5.74) is 4.23. The first-order valence-electron chi connectivity index (χ1n) is 3.78. The molecule has 1 atom stereocenters. The van der Waals surface area contributed by atoms with E-state index in [1.807, 2.05) is 0 Å². The second-order valence-corrected chi connectivity index (χ2v) is 2.64. The van der Waals surface area contributed by atoms with Crippen molar-refractivity contribution in [2.75, 3.05) is 6.54 Å². The lowest BCUT2D eigenvalue weighted by Gasteiger charge is -2.18. The summed E-state index contributed by atoms with van der Waals surface area (Å²) in [7, 11) is 0. The Bertz CT molecular complexity index is 220. The molecule has 2 N–H and O–H groups in total. The first-order chi connectivity index (χ1) is 5.84. The summed E-state index contributed by atoms with van der Waals surface area (Å²) in [6, 6.07) is 0. The minimum Gasteiger partial charge on any atom is -0.329 e. The summed E-state index contributed by atoms with van der Waals surface area (Å²) in [6.45, 7) is 2.04. The molecule has 0 spiro atoms. The standard InChI is InChI=1S/C8H12F3NO/c1-3-7(8(9,10)11)6(4-12)5(2)13/h3,6H,4,12H2,1-2H3/b7-3+. The van der Waals surface area contributed by atoms with Gasteiger partial charge in [-0.15, -0.1) is 0 Å². The molecule has 0 radical (unpaired) electrons. The zero-order valence-electron chi connectivity index (χ0n) is 7.48. The number of nitrogens with two attached hydrogens (primary N) is 1. The second-order valence-electron chi connectivity index (χ2n) is 2.64. The Hall–Kier alpha value is -0.840. The number of carbonyl (C=O) groups is 1. The zero-order valence-corrected chi connectivity index (χ0v) is 7.48. The maximum absolute atomic E-state index is 12.2. The number of hydrogen-bond donors (Lipinski definition) is 1. The van der Waals surface area contributed by atoms with Crippen LogP contribution in [0.5, 0.6) is 0 Å². The topological polar surface area (TPSA) is 43.1 Å². The average molecular weight is 195 g/mol. The van der Waals surface area contributed by atoms with E-state index in [2.05, 4.69) is 0 Å². The Morgan fingerprint density at radius 2 is 2.00 bits per heavy atom. The van der Waals surface area contributed by atoms with E-state index in [4.69, 9.17) is 5.73 Å². The van der Waals surface area contributed by atoms with Crippen molar-refractivity contribution in [3.05, 3.63) is 11.6 Å². The lowest BCUT2D eigenvalue weighted by atomic mass is 9.95. The fourth-order valence-corrected chi connectivity index (χ4v) is 1.07. The van der Waals surface area contributed by atoms with Gasteiger partial charge in [0.05, 0.1) is 5.92 Å². The number of alkyl halides is 3. The lowest BCUT2D eigenvalue weighted by molar-refractivity contribution is -0.126. The number of ketones is 1. The van der Waals surface area contributed by atoms with Crippen LogP contribution in [0.4, 0.5) is 13.2 Å². The van der Waals surface area contributed by atoms with Crippen LogP contribution < -0.4 is 5.73 Å². The summed E-state index contributed by atoms with van der Waals surface area (Å²) in [6.07, 6.45) is -3.58. The summed E-state index contributed by atoms with van der Waals surface area (Å²) in [4.78, 5) is 10.8. The van der Waals surface area contributed by atoms with Crippen molar-refractivity contribution in [3.8, 4) is 0 Å². The van der Waals surface area contributed by atoms with Crippen LogP contribution >= 0.6 is 0 Å². The fourth-order valence-electron chi connectivity index (χ4n) is 1.07. The predicted molar refractivity (Wildman–Crippen MR) is 43.0 cm³/mol. The Labute approximate surface area is 74.6 Å². The van der Waals surface area contributed by atoms with E-state index < -0.39 is 23.5 Å². The van der Waals surface area contributed by atoms with E-state index in [1.165, 1.54) is 6.92 Å². The molecule has 0 heterocycles. The third kappa shape index (κ3) is 3.18. The van der Waals surface area contributed by atoms with E-state index in [-0.39, 0.29) is 6.54 Å². The molecule has 0 aliphatic rings. The van der Waals surface area contributed by atoms with Gasteiger partial charge in [-0.1, -0.05) is 6.08 Å². The second kappa shape index (κ2) is 4.41. The van der Waals surface area contributed by atoms with Gasteiger partial charge in [0, 0.05) is 12.1 Å². The highest BCUT2D eigenvalue weighted by Gasteiger charge is 2.39. The Morgan fingerprint density at radius 1 is 1.54 bits per heavy atom. The number of rotatable bonds is 3. The van der Waals surface area contributed by atoms with Gasteiger partial charge < -0.3 is 5.73 Å². The number of halogens is 3. The molecular formula is C8H12F3NO. The third-order valence-electron chi connectivity index (χ3n) is 1.74. The van der Waals surface area contributed by atoms with E-state index >= 15 is 0 Å². The number of carbonyl (C=O) groups excluding carboxylic acids is 1. The molecule has 0 bridgehead atoms. The van der Waals surface area contributed by atoms with Crippen LogP contribution in [-0.4, -0.2) is 18.5 Å². The van der Waals surface area contributed by atoms with Crippen molar-refractivity contribution >= 4 is 5.78 Å². The van der Waals surface area contributed by atoms with Crippen LogP contribution in [0.2, 0.25) is 0 Å². The van der Waals surface area contributed by atoms with Gasteiger partial charge in [-0.3, -0.25) is 4.79 Å². The molecule has 1 unspecified atom stereocenters. The van der Waals surface area contributed by atoms with Gasteiger partial charge in [0.15, 0.2) is 0 Å². The zero-order chi connectivity index (χ0) is 10.6. The number of allylic oxidation sites excluding steroid dienone is 1. The van der Waals surface area contributed by atoms with E-state index in [0.29, 0.717) is 0 Å². The van der Waals surface area contributed by atoms with Crippen molar-refractivity contribution in [2.45, 2.75) is 20.0 Å². The maximum Gasteiger partial charge on any atom is 0.413 e. The van der Waals surface area contributed by atoms with Crippen molar-refractivity contribution in [2.24, 2.45) is 11.7 Å². The molecule has 0 aliphatic heterocycles. The highest BCUT2D eigenvalue weighted by Crippen LogP contribution is 2.31. The van der Waals surface area contributed by atoms with Gasteiger partial charge in [-0.05, 0) is 13.8 Å². The van der Waals surface area contributed by atoms with Gasteiger partial charge in [-0.2, -0.15) is 13.2 Å². The van der Waals surface area contributed by atoms with Crippen LogP contribution in [0.15, 0.2) is 11.6 Å². The summed E-state index contributed by atoms with van der Waals surface area (Å²) in [5.74, 6) is -1.79. The summed E-state index contributed by atoms with van der Waals surface area (Å²) >= 11 is 0. The largest absolute Gasteiger partial charge is 0.413 e. The summed E-state index contributed by atoms with van der Waals surface area (Å²) in [5, 5.41) is 0. The van der Waals surface area contributed by atoms with Crippen LogP contribution in [0, 0.1) is 5.92 Å². The van der Waals surface area contributed by atoms with Crippen LogP contribution in [0.1, 0.15) is 13.8 Å². The molecule has 0 aliphatic carbocycles. The summed E-state index contributed by atoms with van der Waals surface area (Å²) < 4.78 is 36.7. The molecule has 0 rings (SSSR count). The van der Waals surface area contributed by atoms with Crippen LogP contribution in [0.3, 0.4) is 0 Å². The van der Waals surface area contributed by atoms with Gasteiger partial charge in [-0.25, -0.2) is 0 Å². The molecule has 0 saturated carbocycles. The van der Waals surface area contributed by atoms with Crippen molar-refractivity contribution in [1.82, 2.24) is 0 Å². The molecule has 0 saturated heterocycles. The molecule has 0 aromatic heterocycles. The third-order valence-corrected chi connectivity index (χ3v) is 1.74. The molecule has 2 nitrogen and oxygen atoms in total. The molecular weight excluding hydrogens is 183 g/mol. The quantitative estimate of drug-likeness (QED) is 0.696. The lowest BCUT2D eigenvalue weighted by Crippen LogP contribution is -2.30. The van der Waals surface area contributed by atoms with Gasteiger partial charge in [0.25, 0.3) is 0 Å². The van der Waals surface area contributed by atoms with E-state index in [9.17, 15) is 18.0 Å². The van der Waals surface area contributed by atoms with Crippen LogP contribution in [-0.2, 0) is 4.79 Å². The average Bonchev–Trinajstić information content (AvgIpc) is 1.96. The molecule has 0 aromatic carbocycles. The van der Waals surface area contributed by atoms with E-state index in [1.54, 1.807) is 0 Å². The SMILES string of the molecule is C/C=C(\C(CN)C(C)=O)C(F)(F)F. The minimum atomic E-state index is -4.47. The minimum absolute atomic E-state index is 0.311. The first kappa shape index (κ1) is 12.2. The molecule has 0 fully saturated rings. The molecule has 0 aromatic rings. The van der Waals surface area contributed by atoms with Crippen molar-refractivity contribution in [1.29, 1.82) is 0 Å². The van der Waals surface area contributed by atoms with Gasteiger partial charge in [0.1, 0.15) is 5.78 Å². The number of hydrogen-bond acceptors (Lipinski definition) is 2. The molecule has 0 amide bonds. The highest BCUT2D eigenvalue weighted by molar-refractivity contribution is 5.81. The first-order valence-corrected chi connectivity index (χ1v) is 3.78. The smallest absolute Gasteiger partial charge is 0.329 e. The Balaban J connectivity index is 4.87. The monoisotopic (exact) mass is 195 g/mol. The molecule has 13 heavy (non-hydrogen) atoms.